The maximum atomic E-state index is 12.3. The molecule has 8 nitrogen and oxygen atoms in total. The summed E-state index contributed by atoms with van der Waals surface area (Å²) in [4.78, 5) is 35.1. The van der Waals surface area contributed by atoms with Gasteiger partial charge in [-0.05, 0) is 55.5 Å². The largest absolute Gasteiger partial charge is 0.326 e. The van der Waals surface area contributed by atoms with Crippen molar-refractivity contribution in [2.24, 2.45) is 7.05 Å². The molecule has 0 fully saturated rings. The highest BCUT2D eigenvalue weighted by Gasteiger charge is 2.13. The van der Waals surface area contributed by atoms with Crippen LogP contribution in [0.1, 0.15) is 30.6 Å². The number of aromatic nitrogens is 3. The molecule has 0 aliphatic rings. The smallest absolute Gasteiger partial charge is 0.234 e. The maximum Gasteiger partial charge on any atom is 0.234 e. The molecule has 0 unspecified atom stereocenters. The van der Waals surface area contributed by atoms with Gasteiger partial charge in [0.15, 0.2) is 16.8 Å². The Kier molecular flexibility index (Phi) is 7.19. The monoisotopic (exact) mass is 437 g/mol. The van der Waals surface area contributed by atoms with Gasteiger partial charge in [-0.3, -0.25) is 14.4 Å². The zero-order chi connectivity index (χ0) is 22.4. The number of hydrogen-bond donors (Lipinski definition) is 2. The number of ketones is 1. The lowest BCUT2D eigenvalue weighted by atomic mass is 10.1. The van der Waals surface area contributed by atoms with E-state index >= 15 is 0 Å². The van der Waals surface area contributed by atoms with E-state index in [0.717, 1.165) is 11.3 Å². The van der Waals surface area contributed by atoms with E-state index in [-0.39, 0.29) is 23.4 Å². The Bertz CT molecular complexity index is 1090. The summed E-state index contributed by atoms with van der Waals surface area (Å²) in [5.41, 5.74) is 2.80. The van der Waals surface area contributed by atoms with Crippen molar-refractivity contribution in [3.8, 4) is 11.4 Å². The Morgan fingerprint density at radius 1 is 0.903 bits per heavy atom. The molecule has 2 amide bonds. The lowest BCUT2D eigenvalue weighted by Crippen LogP contribution is -2.14. The summed E-state index contributed by atoms with van der Waals surface area (Å²) in [5.74, 6) is 0.588. The van der Waals surface area contributed by atoms with Crippen LogP contribution in [0.2, 0.25) is 0 Å². The van der Waals surface area contributed by atoms with Crippen LogP contribution in [0.15, 0.2) is 53.7 Å². The molecule has 2 N–H and O–H groups in total. The molecule has 0 aliphatic heterocycles. The second-order valence-corrected chi connectivity index (χ2v) is 7.76. The normalized spacial score (nSPS) is 10.5. The fourth-order valence-corrected chi connectivity index (χ4v) is 3.47. The number of anilines is 2. The molecule has 0 radical (unpaired) electrons. The first-order valence-electron chi connectivity index (χ1n) is 9.70. The molecule has 9 heteroatoms. The molecule has 0 atom stereocenters. The van der Waals surface area contributed by atoms with Crippen LogP contribution in [-0.4, -0.2) is 38.1 Å². The fourth-order valence-electron chi connectivity index (χ4n) is 2.76. The standard InChI is InChI=1S/C22H23N5O3S/c1-4-19(29)23-17-11-7-16(8-12-17)21-25-26-22(27(21)3)31-13-20(30)24-18-9-5-15(6-10-18)14(2)28/h5-12H,4,13H2,1-3H3,(H,23,29)(H,24,30). The minimum atomic E-state index is -0.179. The van der Waals surface area contributed by atoms with Crippen LogP contribution in [0.5, 0.6) is 0 Å². The van der Waals surface area contributed by atoms with Crippen molar-refractivity contribution >= 4 is 40.7 Å². The molecule has 0 aliphatic carbocycles. The van der Waals surface area contributed by atoms with Crippen molar-refractivity contribution in [3.63, 3.8) is 0 Å². The van der Waals surface area contributed by atoms with Gasteiger partial charge >= 0.3 is 0 Å². The molecular formula is C22H23N5O3S. The van der Waals surface area contributed by atoms with Crippen molar-refractivity contribution in [2.45, 2.75) is 25.4 Å². The van der Waals surface area contributed by atoms with Crippen molar-refractivity contribution in [1.82, 2.24) is 14.8 Å². The highest BCUT2D eigenvalue weighted by Crippen LogP contribution is 2.24. The number of nitrogens with zero attached hydrogens (tertiary/aromatic N) is 3. The quantitative estimate of drug-likeness (QED) is 0.411. The lowest BCUT2D eigenvalue weighted by molar-refractivity contribution is -0.116. The van der Waals surface area contributed by atoms with Gasteiger partial charge in [0.1, 0.15) is 0 Å². The Balaban J connectivity index is 1.59. The minimum Gasteiger partial charge on any atom is -0.326 e. The first-order valence-corrected chi connectivity index (χ1v) is 10.7. The van der Waals surface area contributed by atoms with Gasteiger partial charge in [-0.15, -0.1) is 10.2 Å². The summed E-state index contributed by atoms with van der Waals surface area (Å²) >= 11 is 1.28. The first kappa shape index (κ1) is 22.2. The number of rotatable bonds is 8. The molecular weight excluding hydrogens is 414 g/mol. The van der Waals surface area contributed by atoms with E-state index in [9.17, 15) is 14.4 Å². The third-order valence-corrected chi connectivity index (χ3v) is 5.51. The molecule has 1 heterocycles. The number of carbonyl (C=O) groups is 3. The predicted molar refractivity (Wildman–Crippen MR) is 121 cm³/mol. The van der Waals surface area contributed by atoms with Crippen LogP contribution >= 0.6 is 11.8 Å². The Morgan fingerprint density at radius 2 is 1.48 bits per heavy atom. The second-order valence-electron chi connectivity index (χ2n) is 6.81. The average molecular weight is 438 g/mol. The van der Waals surface area contributed by atoms with Crippen LogP contribution < -0.4 is 10.6 Å². The van der Waals surface area contributed by atoms with Crippen molar-refractivity contribution in [3.05, 3.63) is 54.1 Å². The Labute approximate surface area is 184 Å². The molecule has 2 aromatic carbocycles. The summed E-state index contributed by atoms with van der Waals surface area (Å²) in [5, 5.41) is 14.6. The third kappa shape index (κ3) is 5.79. The summed E-state index contributed by atoms with van der Waals surface area (Å²) in [7, 11) is 1.84. The van der Waals surface area contributed by atoms with E-state index in [4.69, 9.17) is 0 Å². The van der Waals surface area contributed by atoms with Gasteiger partial charge in [-0.25, -0.2) is 0 Å². The van der Waals surface area contributed by atoms with Crippen LogP contribution in [0, 0.1) is 0 Å². The molecule has 31 heavy (non-hydrogen) atoms. The van der Waals surface area contributed by atoms with Gasteiger partial charge in [0.2, 0.25) is 11.8 Å². The van der Waals surface area contributed by atoms with Crippen molar-refractivity contribution < 1.29 is 14.4 Å². The van der Waals surface area contributed by atoms with E-state index < -0.39 is 0 Å². The SMILES string of the molecule is CCC(=O)Nc1ccc(-c2nnc(SCC(=O)Nc3ccc(C(C)=O)cc3)n2C)cc1. The zero-order valence-corrected chi connectivity index (χ0v) is 18.3. The molecule has 0 bridgehead atoms. The van der Waals surface area contributed by atoms with E-state index in [1.807, 2.05) is 35.9 Å². The van der Waals surface area contributed by atoms with Gasteiger partial charge in [-0.1, -0.05) is 18.7 Å². The molecule has 3 rings (SSSR count). The van der Waals surface area contributed by atoms with E-state index in [1.54, 1.807) is 31.2 Å². The molecule has 0 saturated heterocycles. The Morgan fingerprint density at radius 3 is 2.06 bits per heavy atom. The predicted octanol–water partition coefficient (Wildman–Crippen LogP) is 3.76. The van der Waals surface area contributed by atoms with Gasteiger partial charge in [0.25, 0.3) is 0 Å². The van der Waals surface area contributed by atoms with Crippen LogP contribution in [0.3, 0.4) is 0 Å². The highest BCUT2D eigenvalue weighted by molar-refractivity contribution is 7.99. The van der Waals surface area contributed by atoms with Gasteiger partial charge in [0, 0.05) is 36.0 Å². The molecule has 160 valence electrons. The van der Waals surface area contributed by atoms with Crippen molar-refractivity contribution in [2.75, 3.05) is 16.4 Å². The molecule has 0 spiro atoms. The number of benzene rings is 2. The number of nitrogens with one attached hydrogen (secondary N) is 2. The van der Waals surface area contributed by atoms with Crippen LogP contribution in [0.25, 0.3) is 11.4 Å². The second kappa shape index (κ2) is 10.0. The van der Waals surface area contributed by atoms with Crippen LogP contribution in [0.4, 0.5) is 11.4 Å². The number of carbonyl (C=O) groups excluding carboxylic acids is 3. The molecule has 0 saturated carbocycles. The Hall–Kier alpha value is -3.46. The summed E-state index contributed by atoms with van der Waals surface area (Å²) in [6, 6.07) is 14.1. The third-order valence-electron chi connectivity index (χ3n) is 4.49. The fraction of sp³-hybridized carbons (Fsp3) is 0.227. The lowest BCUT2D eigenvalue weighted by Gasteiger charge is -2.07. The van der Waals surface area contributed by atoms with Crippen molar-refractivity contribution in [1.29, 1.82) is 0 Å². The summed E-state index contributed by atoms with van der Waals surface area (Å²) < 4.78 is 1.82. The topological polar surface area (TPSA) is 106 Å². The highest BCUT2D eigenvalue weighted by atomic mass is 32.2. The van der Waals surface area contributed by atoms with E-state index in [1.165, 1.54) is 18.7 Å². The molecule has 1 aromatic heterocycles. The van der Waals surface area contributed by atoms with Gasteiger partial charge in [0.05, 0.1) is 5.75 Å². The zero-order valence-electron chi connectivity index (χ0n) is 17.5. The first-order chi connectivity index (χ1) is 14.9. The van der Waals surface area contributed by atoms with E-state index in [2.05, 4.69) is 20.8 Å². The maximum absolute atomic E-state index is 12.3. The number of amides is 2. The minimum absolute atomic E-state index is 0.0214. The summed E-state index contributed by atoms with van der Waals surface area (Å²) in [6.07, 6.45) is 0.420. The molecule has 3 aromatic rings. The van der Waals surface area contributed by atoms with E-state index in [0.29, 0.717) is 28.7 Å². The van der Waals surface area contributed by atoms with Crippen LogP contribution in [-0.2, 0) is 16.6 Å². The number of Topliss-reactive ketones (excluding diaryl/α,β-unsaturated/α-hetero) is 1. The van der Waals surface area contributed by atoms with Gasteiger partial charge in [-0.2, -0.15) is 0 Å². The number of hydrogen-bond acceptors (Lipinski definition) is 6. The number of thioether (sulfide) groups is 1. The van der Waals surface area contributed by atoms with Gasteiger partial charge < -0.3 is 15.2 Å². The average Bonchev–Trinajstić information content (AvgIpc) is 3.13. The summed E-state index contributed by atoms with van der Waals surface area (Å²) in [6.45, 7) is 3.30.